The first kappa shape index (κ1) is 22.0. The predicted molar refractivity (Wildman–Crippen MR) is 127 cm³/mol. The van der Waals surface area contributed by atoms with Crippen LogP contribution in [-0.2, 0) is 11.2 Å². The first-order valence-corrected chi connectivity index (χ1v) is 11.7. The second-order valence-corrected chi connectivity index (χ2v) is 8.59. The molecule has 3 heterocycles. The van der Waals surface area contributed by atoms with Crippen molar-refractivity contribution < 1.29 is 18.4 Å². The monoisotopic (exact) mass is 474 g/mol. The predicted octanol–water partition coefficient (Wildman–Crippen LogP) is 4.73. The lowest BCUT2D eigenvalue weighted by molar-refractivity contribution is -0.130. The third-order valence-electron chi connectivity index (χ3n) is 5.43. The van der Waals surface area contributed by atoms with Gasteiger partial charge in [-0.3, -0.25) is 4.79 Å². The van der Waals surface area contributed by atoms with Crippen LogP contribution in [0, 0.1) is 0 Å². The van der Waals surface area contributed by atoms with E-state index >= 15 is 0 Å². The summed E-state index contributed by atoms with van der Waals surface area (Å²) in [5, 5.41) is 14.7. The molecular formula is C25H22N4O4S. The SMILES string of the molecule is COc1ccc(C2=NN(C(=O)CSc3nnc(Cc4ccccc4)o3)[C@H](c3ccco3)C2)cc1. The lowest BCUT2D eigenvalue weighted by Gasteiger charge is -2.19. The molecule has 2 aromatic heterocycles. The first-order valence-electron chi connectivity index (χ1n) is 10.8. The topological polar surface area (TPSA) is 94.0 Å². The van der Waals surface area contributed by atoms with Gasteiger partial charge in [0, 0.05) is 6.42 Å². The smallest absolute Gasteiger partial charge is 0.277 e. The van der Waals surface area contributed by atoms with Crippen LogP contribution in [0.15, 0.2) is 92.2 Å². The second kappa shape index (κ2) is 9.96. The Kier molecular flexibility index (Phi) is 6.44. The van der Waals surface area contributed by atoms with Gasteiger partial charge in [-0.2, -0.15) is 5.10 Å². The van der Waals surface area contributed by atoms with E-state index in [9.17, 15) is 4.79 Å². The fourth-order valence-corrected chi connectivity index (χ4v) is 4.36. The van der Waals surface area contributed by atoms with Gasteiger partial charge in [-0.25, -0.2) is 5.01 Å². The summed E-state index contributed by atoms with van der Waals surface area (Å²) >= 11 is 1.20. The van der Waals surface area contributed by atoms with Crippen LogP contribution in [0.4, 0.5) is 0 Å². The molecule has 34 heavy (non-hydrogen) atoms. The Balaban J connectivity index is 1.28. The lowest BCUT2D eigenvalue weighted by atomic mass is 10.0. The van der Waals surface area contributed by atoms with E-state index in [0.717, 1.165) is 22.6 Å². The molecule has 0 spiro atoms. The summed E-state index contributed by atoms with van der Waals surface area (Å²) in [6, 6.07) is 20.9. The van der Waals surface area contributed by atoms with Crippen molar-refractivity contribution in [3.05, 3.63) is 95.8 Å². The number of hydrogen-bond acceptors (Lipinski definition) is 8. The Morgan fingerprint density at radius 3 is 2.65 bits per heavy atom. The van der Waals surface area contributed by atoms with E-state index in [-0.39, 0.29) is 17.7 Å². The highest BCUT2D eigenvalue weighted by Crippen LogP contribution is 2.34. The van der Waals surface area contributed by atoms with E-state index in [1.165, 1.54) is 16.8 Å². The molecule has 0 saturated heterocycles. The third-order valence-corrected chi connectivity index (χ3v) is 6.23. The Bertz CT molecular complexity index is 1270. The molecule has 0 radical (unpaired) electrons. The Labute approximate surface area is 200 Å². The zero-order valence-corrected chi connectivity index (χ0v) is 19.3. The lowest BCUT2D eigenvalue weighted by Crippen LogP contribution is -2.28. The average molecular weight is 475 g/mol. The van der Waals surface area contributed by atoms with Crippen molar-refractivity contribution >= 4 is 23.4 Å². The van der Waals surface area contributed by atoms with Crippen LogP contribution >= 0.6 is 11.8 Å². The van der Waals surface area contributed by atoms with Crippen molar-refractivity contribution in [2.45, 2.75) is 24.1 Å². The third kappa shape index (κ3) is 4.89. The molecule has 1 aliphatic heterocycles. The maximum absolute atomic E-state index is 13.1. The Morgan fingerprint density at radius 2 is 1.91 bits per heavy atom. The number of thioether (sulfide) groups is 1. The van der Waals surface area contributed by atoms with Crippen LogP contribution in [0.1, 0.15) is 35.2 Å². The molecule has 5 rings (SSSR count). The molecule has 1 aliphatic rings. The first-order chi connectivity index (χ1) is 16.7. The standard InChI is InChI=1S/C25H22N4O4S/c1-31-19-11-9-18(10-12-19)20-15-21(22-8-5-13-32-22)29(28-20)24(30)16-34-25-27-26-23(33-25)14-17-6-3-2-4-7-17/h2-13,21H,14-16H2,1H3/t21-/m0/s1. The molecule has 0 aliphatic carbocycles. The summed E-state index contributed by atoms with van der Waals surface area (Å²) < 4.78 is 16.6. The number of nitrogens with zero attached hydrogens (tertiary/aromatic N) is 4. The Morgan fingerprint density at radius 1 is 1.09 bits per heavy atom. The van der Waals surface area contributed by atoms with Gasteiger partial charge < -0.3 is 13.6 Å². The average Bonchev–Trinajstić information content (AvgIpc) is 3.64. The van der Waals surface area contributed by atoms with Gasteiger partial charge in [0.1, 0.15) is 17.6 Å². The molecule has 0 unspecified atom stereocenters. The molecule has 4 aromatic rings. The number of methoxy groups -OCH3 is 1. The molecule has 0 saturated carbocycles. The molecular weight excluding hydrogens is 452 g/mol. The fourth-order valence-electron chi connectivity index (χ4n) is 3.73. The van der Waals surface area contributed by atoms with Gasteiger partial charge in [0.15, 0.2) is 0 Å². The summed E-state index contributed by atoms with van der Waals surface area (Å²) in [5.41, 5.74) is 2.82. The fraction of sp³-hybridized carbons (Fsp3) is 0.200. The number of amides is 1. The van der Waals surface area contributed by atoms with Crippen LogP contribution in [0.25, 0.3) is 0 Å². The van der Waals surface area contributed by atoms with Crippen LogP contribution in [0.5, 0.6) is 5.75 Å². The highest BCUT2D eigenvalue weighted by atomic mass is 32.2. The van der Waals surface area contributed by atoms with Crippen LogP contribution in [-0.4, -0.2) is 39.7 Å². The summed E-state index contributed by atoms with van der Waals surface area (Å²) in [6.45, 7) is 0. The highest BCUT2D eigenvalue weighted by molar-refractivity contribution is 7.99. The van der Waals surface area contributed by atoms with Crippen molar-refractivity contribution in [3.8, 4) is 5.75 Å². The largest absolute Gasteiger partial charge is 0.497 e. The summed E-state index contributed by atoms with van der Waals surface area (Å²) in [4.78, 5) is 13.1. The van der Waals surface area contributed by atoms with Gasteiger partial charge in [-0.05, 0) is 47.5 Å². The van der Waals surface area contributed by atoms with Crippen LogP contribution < -0.4 is 4.74 Å². The normalized spacial score (nSPS) is 15.4. The molecule has 0 fully saturated rings. The van der Waals surface area contributed by atoms with Gasteiger partial charge >= 0.3 is 0 Å². The maximum Gasteiger partial charge on any atom is 0.277 e. The number of furan rings is 1. The van der Waals surface area contributed by atoms with Crippen LogP contribution in [0.3, 0.4) is 0 Å². The van der Waals surface area contributed by atoms with Crippen LogP contribution in [0.2, 0.25) is 0 Å². The van der Waals surface area contributed by atoms with E-state index < -0.39 is 0 Å². The van der Waals surface area contributed by atoms with E-state index in [1.54, 1.807) is 13.4 Å². The van der Waals surface area contributed by atoms with E-state index in [1.807, 2.05) is 66.7 Å². The van der Waals surface area contributed by atoms with Crippen molar-refractivity contribution in [2.75, 3.05) is 12.9 Å². The molecule has 8 nitrogen and oxygen atoms in total. The van der Waals surface area contributed by atoms with Crippen molar-refractivity contribution in [1.29, 1.82) is 0 Å². The van der Waals surface area contributed by atoms with Gasteiger partial charge in [0.25, 0.3) is 11.1 Å². The molecule has 1 amide bonds. The molecule has 1 atom stereocenters. The molecule has 172 valence electrons. The number of hydrogen-bond donors (Lipinski definition) is 0. The summed E-state index contributed by atoms with van der Waals surface area (Å²) in [6.07, 6.45) is 2.70. The molecule has 0 bridgehead atoms. The number of benzene rings is 2. The number of rotatable bonds is 8. The van der Waals surface area contributed by atoms with Gasteiger partial charge in [-0.15, -0.1) is 10.2 Å². The van der Waals surface area contributed by atoms with Crippen molar-refractivity contribution in [1.82, 2.24) is 15.2 Å². The van der Waals surface area contributed by atoms with E-state index in [0.29, 0.717) is 29.7 Å². The van der Waals surface area contributed by atoms with E-state index in [4.69, 9.17) is 13.6 Å². The quantitative estimate of drug-likeness (QED) is 0.341. The minimum absolute atomic E-state index is 0.115. The zero-order valence-electron chi connectivity index (χ0n) is 18.5. The molecule has 2 aromatic carbocycles. The minimum atomic E-state index is -0.309. The van der Waals surface area contributed by atoms with Crippen molar-refractivity contribution in [2.24, 2.45) is 5.10 Å². The number of hydrazone groups is 1. The number of ether oxygens (including phenoxy) is 1. The minimum Gasteiger partial charge on any atom is -0.497 e. The molecule has 0 N–H and O–H groups in total. The van der Waals surface area contributed by atoms with Gasteiger partial charge in [0.2, 0.25) is 5.89 Å². The maximum atomic E-state index is 13.1. The summed E-state index contributed by atoms with van der Waals surface area (Å²) in [7, 11) is 1.63. The zero-order chi connectivity index (χ0) is 23.3. The molecule has 9 heteroatoms. The van der Waals surface area contributed by atoms with Crippen molar-refractivity contribution in [3.63, 3.8) is 0 Å². The number of carbonyl (C=O) groups excluding carboxylic acids is 1. The number of carbonyl (C=O) groups is 1. The highest BCUT2D eigenvalue weighted by Gasteiger charge is 2.35. The second-order valence-electron chi connectivity index (χ2n) is 7.66. The number of aromatic nitrogens is 2. The van der Waals surface area contributed by atoms with Gasteiger partial charge in [-0.1, -0.05) is 42.1 Å². The van der Waals surface area contributed by atoms with E-state index in [2.05, 4.69) is 15.3 Å². The Hall–Kier alpha value is -3.85. The van der Waals surface area contributed by atoms with Gasteiger partial charge in [0.05, 0.1) is 31.3 Å². The summed E-state index contributed by atoms with van der Waals surface area (Å²) in [5.74, 6) is 1.91.